The Morgan fingerprint density at radius 2 is 2.10 bits per heavy atom. The predicted octanol–water partition coefficient (Wildman–Crippen LogP) is 1.36. The van der Waals surface area contributed by atoms with Gasteiger partial charge in [-0.15, -0.1) is 0 Å². The van der Waals surface area contributed by atoms with E-state index < -0.39 is 36.5 Å². The second-order valence-electron chi connectivity index (χ2n) is 4.27. The highest BCUT2D eigenvalue weighted by Crippen LogP contribution is 2.22. The Hall–Kier alpha value is -1.10. The minimum Gasteiger partial charge on any atom is -0.459 e. The molecule has 0 radical (unpaired) electrons. The molecule has 0 amide bonds. The molecule has 112 valence electrons. The van der Waals surface area contributed by atoms with Crippen LogP contribution in [-0.2, 0) is 28.5 Å². The topological polar surface area (TPSA) is 71.1 Å². The molecule has 0 aliphatic carbocycles. The summed E-state index contributed by atoms with van der Waals surface area (Å²) in [6, 6.07) is 0. The van der Waals surface area contributed by atoms with Gasteiger partial charge in [-0.3, -0.25) is 9.59 Å². The van der Waals surface area contributed by atoms with Crippen molar-refractivity contribution in [3.63, 3.8) is 0 Å². The number of carbonyl (C=O) groups excluding carboxylic acids is 2. The van der Waals surface area contributed by atoms with Gasteiger partial charge in [-0.1, -0.05) is 5.92 Å². The molecule has 0 bridgehead atoms. The van der Waals surface area contributed by atoms with E-state index in [0.717, 1.165) is 0 Å². The number of halogens is 1. The van der Waals surface area contributed by atoms with Crippen molar-refractivity contribution in [1.82, 2.24) is 0 Å². The summed E-state index contributed by atoms with van der Waals surface area (Å²) in [7, 11) is 0. The third-order valence-electron chi connectivity index (χ3n) is 2.58. The van der Waals surface area contributed by atoms with Crippen LogP contribution in [0.1, 0.15) is 27.2 Å². The summed E-state index contributed by atoms with van der Waals surface area (Å²) in [6.45, 7) is 4.51. The molecule has 0 N–H and O–H groups in total. The van der Waals surface area contributed by atoms with Crippen molar-refractivity contribution >= 4 is 27.9 Å². The quantitative estimate of drug-likeness (QED) is 0.564. The summed E-state index contributed by atoms with van der Waals surface area (Å²) in [5.74, 6) is 1.87. The van der Waals surface area contributed by atoms with Crippen LogP contribution in [0.2, 0.25) is 0 Å². The summed E-state index contributed by atoms with van der Waals surface area (Å²) in [5.41, 5.74) is 0. The van der Waals surface area contributed by atoms with Crippen molar-refractivity contribution in [2.24, 2.45) is 0 Å². The zero-order valence-electron chi connectivity index (χ0n) is 11.6. The zero-order valence-corrected chi connectivity index (χ0v) is 13.1. The van der Waals surface area contributed by atoms with E-state index in [1.54, 1.807) is 6.92 Å². The molecule has 0 spiro atoms. The fraction of sp³-hybridized carbons (Fsp3) is 0.692. The third-order valence-corrected chi connectivity index (χ3v) is 2.86. The van der Waals surface area contributed by atoms with Gasteiger partial charge >= 0.3 is 11.9 Å². The maximum Gasteiger partial charge on any atom is 0.303 e. The predicted molar refractivity (Wildman–Crippen MR) is 72.7 cm³/mol. The lowest BCUT2D eigenvalue weighted by Gasteiger charge is -2.37. The van der Waals surface area contributed by atoms with Gasteiger partial charge < -0.3 is 18.9 Å². The molecule has 0 unspecified atom stereocenters. The molecule has 7 heteroatoms. The average Bonchev–Trinajstić information content (AvgIpc) is 2.35. The van der Waals surface area contributed by atoms with Crippen LogP contribution in [0.15, 0.2) is 0 Å². The van der Waals surface area contributed by atoms with Gasteiger partial charge in [0.15, 0.2) is 12.4 Å². The Balaban J connectivity index is 2.85. The van der Waals surface area contributed by atoms with E-state index in [1.807, 2.05) is 0 Å². The number of ether oxygens (including phenoxy) is 4. The van der Waals surface area contributed by atoms with Gasteiger partial charge in [0, 0.05) is 36.2 Å². The van der Waals surface area contributed by atoms with E-state index in [4.69, 9.17) is 18.9 Å². The minimum atomic E-state index is -0.634. The van der Waals surface area contributed by atoms with Crippen LogP contribution in [0.3, 0.4) is 0 Å². The Morgan fingerprint density at radius 1 is 1.40 bits per heavy atom. The molecular weight excluding hydrogens is 332 g/mol. The molecule has 4 atom stereocenters. The molecule has 1 fully saturated rings. The highest BCUT2D eigenvalue weighted by atomic mass is 79.9. The lowest BCUT2D eigenvalue weighted by atomic mass is 10.0. The van der Waals surface area contributed by atoms with Gasteiger partial charge in [0.25, 0.3) is 0 Å². The second-order valence-corrected chi connectivity index (χ2v) is 4.67. The summed E-state index contributed by atoms with van der Waals surface area (Å²) in [4.78, 5) is 24.9. The van der Waals surface area contributed by atoms with Gasteiger partial charge in [-0.05, 0) is 11.8 Å². The Labute approximate surface area is 126 Å². The van der Waals surface area contributed by atoms with Gasteiger partial charge in [0.05, 0.1) is 6.61 Å². The average molecular weight is 349 g/mol. The Bertz CT molecular complexity index is 413. The SMILES string of the molecule is CC(=O)O[C@@H](CC#CBr)[C@@H]1O[C@H](C)OC[C@H]1OC(C)=O. The largest absolute Gasteiger partial charge is 0.459 e. The molecule has 0 aromatic heterocycles. The minimum absolute atomic E-state index is 0.185. The number of rotatable bonds is 4. The Kier molecular flexibility index (Phi) is 6.99. The molecule has 6 nitrogen and oxygen atoms in total. The molecule has 0 saturated carbocycles. The number of hydrogen-bond acceptors (Lipinski definition) is 6. The number of esters is 2. The molecule has 1 saturated heterocycles. The summed E-state index contributed by atoms with van der Waals surface area (Å²) < 4.78 is 21.3. The van der Waals surface area contributed by atoms with Gasteiger partial charge in [0.1, 0.15) is 12.2 Å². The molecule has 20 heavy (non-hydrogen) atoms. The third kappa shape index (κ3) is 5.49. The van der Waals surface area contributed by atoms with Crippen LogP contribution in [-0.4, -0.2) is 43.1 Å². The normalized spacial score (nSPS) is 26.9. The van der Waals surface area contributed by atoms with Crippen molar-refractivity contribution < 1.29 is 28.5 Å². The van der Waals surface area contributed by atoms with Crippen LogP contribution in [0, 0.1) is 10.8 Å². The highest BCUT2D eigenvalue weighted by molar-refractivity contribution is 9.12. The summed E-state index contributed by atoms with van der Waals surface area (Å²) in [6.07, 6.45) is -2.08. The van der Waals surface area contributed by atoms with Crippen LogP contribution < -0.4 is 0 Å². The van der Waals surface area contributed by atoms with Crippen molar-refractivity contribution in [1.29, 1.82) is 0 Å². The summed E-state index contributed by atoms with van der Waals surface area (Å²) in [5, 5.41) is 0. The van der Waals surface area contributed by atoms with Crippen LogP contribution >= 0.6 is 15.9 Å². The fourth-order valence-electron chi connectivity index (χ4n) is 1.89. The standard InChI is InChI=1S/C13H17BrO6/c1-8(15)18-11(5-4-6-14)13-12(19-9(2)16)7-17-10(3)20-13/h10-13H,5,7H2,1-3H3/t10-,11+,12-,13+/m1/s1. The van der Waals surface area contributed by atoms with E-state index >= 15 is 0 Å². The second kappa shape index (κ2) is 8.25. The molecule has 1 heterocycles. The van der Waals surface area contributed by atoms with Crippen LogP contribution in [0.5, 0.6) is 0 Å². The number of carbonyl (C=O) groups is 2. The first-order chi connectivity index (χ1) is 9.43. The molecule has 1 aliphatic heterocycles. The van der Waals surface area contributed by atoms with Crippen molar-refractivity contribution in [2.75, 3.05) is 6.61 Å². The first-order valence-electron chi connectivity index (χ1n) is 6.14. The van der Waals surface area contributed by atoms with Crippen LogP contribution in [0.4, 0.5) is 0 Å². The highest BCUT2D eigenvalue weighted by Gasteiger charge is 2.39. The lowest BCUT2D eigenvalue weighted by Crippen LogP contribution is -2.51. The van der Waals surface area contributed by atoms with E-state index in [-0.39, 0.29) is 13.0 Å². The molecule has 1 aliphatic rings. The molecule has 1 rings (SSSR count). The molecule has 0 aromatic rings. The smallest absolute Gasteiger partial charge is 0.303 e. The van der Waals surface area contributed by atoms with E-state index in [2.05, 4.69) is 26.7 Å². The van der Waals surface area contributed by atoms with Gasteiger partial charge in [0.2, 0.25) is 0 Å². The molecular formula is C13H17BrO6. The lowest BCUT2D eigenvalue weighted by molar-refractivity contribution is -0.270. The maximum atomic E-state index is 11.2. The fourth-order valence-corrected chi connectivity index (χ4v) is 2.05. The van der Waals surface area contributed by atoms with Gasteiger partial charge in [-0.25, -0.2) is 0 Å². The summed E-state index contributed by atoms with van der Waals surface area (Å²) >= 11 is 2.98. The van der Waals surface area contributed by atoms with E-state index in [1.165, 1.54) is 13.8 Å². The monoisotopic (exact) mass is 348 g/mol. The van der Waals surface area contributed by atoms with Crippen molar-refractivity contribution in [3.05, 3.63) is 0 Å². The van der Waals surface area contributed by atoms with Crippen LogP contribution in [0.25, 0.3) is 0 Å². The van der Waals surface area contributed by atoms with Gasteiger partial charge in [-0.2, -0.15) is 0 Å². The van der Waals surface area contributed by atoms with Crippen molar-refractivity contribution in [2.45, 2.75) is 51.8 Å². The Morgan fingerprint density at radius 3 is 2.65 bits per heavy atom. The first-order valence-corrected chi connectivity index (χ1v) is 6.93. The number of hydrogen-bond donors (Lipinski definition) is 0. The van der Waals surface area contributed by atoms with Crippen molar-refractivity contribution in [3.8, 4) is 10.8 Å². The zero-order chi connectivity index (χ0) is 15.1. The molecule has 0 aromatic carbocycles. The first kappa shape index (κ1) is 17.0. The van der Waals surface area contributed by atoms with E-state index in [0.29, 0.717) is 0 Å². The maximum absolute atomic E-state index is 11.2. The van der Waals surface area contributed by atoms with E-state index in [9.17, 15) is 9.59 Å².